The van der Waals surface area contributed by atoms with Gasteiger partial charge in [-0.15, -0.1) is 0 Å². The van der Waals surface area contributed by atoms with Crippen molar-refractivity contribution in [2.24, 2.45) is 50.2 Å². The van der Waals surface area contributed by atoms with Gasteiger partial charge in [0.1, 0.15) is 6.07 Å². The first-order valence-corrected chi connectivity index (χ1v) is 16.7. The van der Waals surface area contributed by atoms with E-state index < -0.39 is 21.7 Å². The molecule has 5 atom stereocenters. The monoisotopic (exact) mass is 605 g/mol. The number of fused-ring (bicyclic) bond motifs is 1. The van der Waals surface area contributed by atoms with Crippen LogP contribution in [-0.2, 0) is 19.2 Å². The van der Waals surface area contributed by atoms with Crippen LogP contribution in [0.5, 0.6) is 0 Å². The van der Waals surface area contributed by atoms with E-state index in [2.05, 4.69) is 65.4 Å². The lowest BCUT2D eigenvalue weighted by atomic mass is 9.42. The molecular weight excluding hydrogens is 550 g/mol. The Morgan fingerprint density at radius 1 is 1.02 bits per heavy atom. The number of rotatable bonds is 7. The number of allylic oxidation sites excluding steroid dienone is 4. The number of hydrogen-bond donors (Lipinski definition) is 2. The predicted octanol–water partition coefficient (Wildman–Crippen LogP) is 7.18. The minimum absolute atomic E-state index is 0.00600. The van der Waals surface area contributed by atoms with Gasteiger partial charge in [0.05, 0.1) is 11.0 Å². The Kier molecular flexibility index (Phi) is 8.72. The van der Waals surface area contributed by atoms with E-state index in [1.807, 2.05) is 19.9 Å². The number of carbonyl (C=O) groups is 4. The van der Waals surface area contributed by atoms with Crippen molar-refractivity contribution in [3.63, 3.8) is 0 Å². The summed E-state index contributed by atoms with van der Waals surface area (Å²) in [6.07, 6.45) is 11.0. The summed E-state index contributed by atoms with van der Waals surface area (Å²) < 4.78 is 0. The Hall–Kier alpha value is -2.75. The van der Waals surface area contributed by atoms with Gasteiger partial charge < -0.3 is 0 Å². The van der Waals surface area contributed by atoms with Crippen molar-refractivity contribution in [3.8, 4) is 6.07 Å². The molecule has 242 valence electrons. The SMILES string of the molecule is CC(=O)/C=C1/[C@@]2(C)C=C(C#N)C(=O)C(C)(C)[C@@H]2CC[C@@]1(C)C(C)(C)CC[C@@]1(C(=O)NNC(=O)C2CC2)CCC(C)(C)CC1C. The molecule has 7 heteroatoms. The number of hydrogen-bond acceptors (Lipinski definition) is 5. The van der Waals surface area contributed by atoms with Crippen molar-refractivity contribution < 1.29 is 19.2 Å². The molecule has 3 fully saturated rings. The van der Waals surface area contributed by atoms with Crippen LogP contribution in [0.3, 0.4) is 0 Å². The lowest BCUT2D eigenvalue weighted by Gasteiger charge is -2.61. The van der Waals surface area contributed by atoms with Crippen LogP contribution in [0.4, 0.5) is 0 Å². The zero-order chi connectivity index (χ0) is 33.1. The number of nitriles is 1. The smallest absolute Gasteiger partial charge is 0.244 e. The maximum Gasteiger partial charge on any atom is 0.244 e. The first-order valence-electron chi connectivity index (χ1n) is 16.7. The highest BCUT2D eigenvalue weighted by Crippen LogP contribution is 2.67. The summed E-state index contributed by atoms with van der Waals surface area (Å²) in [5.74, 6) is -0.278. The van der Waals surface area contributed by atoms with Crippen molar-refractivity contribution in [1.82, 2.24) is 10.9 Å². The van der Waals surface area contributed by atoms with Crippen LogP contribution in [0, 0.1) is 61.6 Å². The molecule has 0 spiro atoms. The van der Waals surface area contributed by atoms with Crippen LogP contribution in [-0.4, -0.2) is 23.4 Å². The van der Waals surface area contributed by atoms with E-state index in [0.717, 1.165) is 56.9 Å². The second-order valence-electron chi connectivity index (χ2n) is 17.1. The topological polar surface area (TPSA) is 116 Å². The van der Waals surface area contributed by atoms with E-state index in [4.69, 9.17) is 0 Å². The third-order valence-corrected chi connectivity index (χ3v) is 12.9. The highest BCUT2D eigenvalue weighted by Gasteiger charge is 2.61. The molecule has 1 unspecified atom stereocenters. The Morgan fingerprint density at radius 3 is 2.20 bits per heavy atom. The van der Waals surface area contributed by atoms with E-state index in [1.165, 1.54) is 0 Å². The van der Waals surface area contributed by atoms with Gasteiger partial charge in [-0.1, -0.05) is 74.0 Å². The van der Waals surface area contributed by atoms with Gasteiger partial charge in [-0.2, -0.15) is 5.26 Å². The summed E-state index contributed by atoms with van der Waals surface area (Å²) in [6, 6.07) is 2.16. The second-order valence-corrected chi connectivity index (χ2v) is 17.1. The summed E-state index contributed by atoms with van der Waals surface area (Å²) in [7, 11) is 0. The number of amides is 2. The predicted molar refractivity (Wildman–Crippen MR) is 171 cm³/mol. The zero-order valence-corrected chi connectivity index (χ0v) is 28.8. The number of Topliss-reactive ketones (excluding diaryl/α,β-unsaturated/α-hetero) is 1. The van der Waals surface area contributed by atoms with Crippen molar-refractivity contribution >= 4 is 23.4 Å². The number of nitrogens with zero attached hydrogens (tertiary/aromatic N) is 1. The molecule has 2 amide bonds. The van der Waals surface area contributed by atoms with E-state index >= 15 is 0 Å². The first kappa shape index (κ1) is 34.1. The van der Waals surface area contributed by atoms with Crippen molar-refractivity contribution in [2.75, 3.05) is 0 Å². The number of nitrogens with one attached hydrogen (secondary N) is 2. The van der Waals surface area contributed by atoms with Crippen LogP contribution in [0.2, 0.25) is 0 Å². The van der Waals surface area contributed by atoms with Gasteiger partial charge in [0.15, 0.2) is 11.6 Å². The fraction of sp³-hybridized carbons (Fsp3) is 0.757. The number of ketones is 2. The highest BCUT2D eigenvalue weighted by molar-refractivity contribution is 6.04. The van der Waals surface area contributed by atoms with Crippen LogP contribution >= 0.6 is 0 Å². The Bertz CT molecular complexity index is 1340. The molecule has 0 aromatic rings. The molecule has 0 aromatic heterocycles. The quantitative estimate of drug-likeness (QED) is 0.236. The minimum atomic E-state index is -0.729. The first-order chi connectivity index (χ1) is 20.2. The molecular formula is C37H55N3O4. The fourth-order valence-corrected chi connectivity index (χ4v) is 9.37. The van der Waals surface area contributed by atoms with E-state index in [1.54, 1.807) is 13.0 Å². The Morgan fingerprint density at radius 2 is 1.66 bits per heavy atom. The second kappa shape index (κ2) is 11.2. The largest absolute Gasteiger partial charge is 0.295 e. The van der Waals surface area contributed by atoms with Gasteiger partial charge in [-0.05, 0) is 98.9 Å². The van der Waals surface area contributed by atoms with Gasteiger partial charge in [-0.25, -0.2) is 0 Å². The molecule has 2 N–H and O–H groups in total. The van der Waals surface area contributed by atoms with Gasteiger partial charge in [0, 0.05) is 16.7 Å². The van der Waals surface area contributed by atoms with Crippen LogP contribution < -0.4 is 10.9 Å². The molecule has 3 saturated carbocycles. The standard InChI is InChI=1S/C37H55N3O4/c1-23-20-32(3,4)15-17-37(23,31(44)40-39-30(43)25-11-12-25)18-16-33(5,6)36(10)14-13-27-34(7,8)29(42)26(22-38)21-35(27,9)28(36)19-24(2)41/h19,21,23,25,27H,11-18,20H2,1-10H3,(H,39,43)(H,40,44)/b28-19-/t23?,27-,35-,36+,37-/m0/s1. The highest BCUT2D eigenvalue weighted by atomic mass is 16.2. The summed E-state index contributed by atoms with van der Waals surface area (Å²) in [6.45, 7) is 21.0. The van der Waals surface area contributed by atoms with Gasteiger partial charge in [-0.3, -0.25) is 30.0 Å². The molecule has 0 bridgehead atoms. The third-order valence-electron chi connectivity index (χ3n) is 12.9. The summed E-state index contributed by atoms with van der Waals surface area (Å²) in [5, 5.41) is 9.95. The average Bonchev–Trinajstić information content (AvgIpc) is 3.76. The number of hydrazine groups is 1. The molecule has 4 aliphatic carbocycles. The van der Waals surface area contributed by atoms with Crippen molar-refractivity contribution in [1.29, 1.82) is 5.26 Å². The number of carbonyl (C=O) groups excluding carboxylic acids is 4. The van der Waals surface area contributed by atoms with Crippen LogP contribution in [0.15, 0.2) is 23.3 Å². The van der Waals surface area contributed by atoms with E-state index in [-0.39, 0.29) is 57.5 Å². The molecule has 0 aromatic carbocycles. The molecule has 44 heavy (non-hydrogen) atoms. The average molecular weight is 606 g/mol. The molecule has 4 aliphatic rings. The van der Waals surface area contributed by atoms with Crippen molar-refractivity contribution in [2.45, 2.75) is 127 Å². The third kappa shape index (κ3) is 5.71. The Balaban J connectivity index is 1.70. The summed E-state index contributed by atoms with van der Waals surface area (Å²) in [5.41, 5.74) is 4.11. The van der Waals surface area contributed by atoms with Crippen LogP contribution in [0.1, 0.15) is 127 Å². The minimum Gasteiger partial charge on any atom is -0.295 e. The lowest BCUT2D eigenvalue weighted by Crippen LogP contribution is -2.57. The van der Waals surface area contributed by atoms with Crippen LogP contribution in [0.25, 0.3) is 0 Å². The maximum absolute atomic E-state index is 14.0. The molecule has 0 radical (unpaired) electrons. The lowest BCUT2D eigenvalue weighted by molar-refractivity contribution is -0.144. The van der Waals surface area contributed by atoms with Gasteiger partial charge in [0.25, 0.3) is 0 Å². The summed E-state index contributed by atoms with van der Waals surface area (Å²) in [4.78, 5) is 52.6. The molecule has 0 saturated heterocycles. The van der Waals surface area contributed by atoms with E-state index in [0.29, 0.717) is 6.42 Å². The van der Waals surface area contributed by atoms with Gasteiger partial charge >= 0.3 is 0 Å². The zero-order valence-electron chi connectivity index (χ0n) is 28.8. The molecule has 4 rings (SSSR count). The van der Waals surface area contributed by atoms with E-state index in [9.17, 15) is 24.4 Å². The normalized spacial score (nSPS) is 35.6. The molecule has 7 nitrogen and oxygen atoms in total. The molecule has 0 aliphatic heterocycles. The maximum atomic E-state index is 14.0. The molecule has 0 heterocycles. The Labute approximate surface area is 265 Å². The van der Waals surface area contributed by atoms with Gasteiger partial charge in [0.2, 0.25) is 11.8 Å². The van der Waals surface area contributed by atoms with Crippen molar-refractivity contribution in [3.05, 3.63) is 23.3 Å². The summed E-state index contributed by atoms with van der Waals surface area (Å²) >= 11 is 0. The fourth-order valence-electron chi connectivity index (χ4n) is 9.37.